The molecule has 2 heterocycles. The number of nitrogens with zero attached hydrogens (tertiary/aromatic N) is 1. The van der Waals surface area contributed by atoms with Crippen molar-refractivity contribution in [1.82, 2.24) is 9.71 Å². The highest BCUT2D eigenvalue weighted by Crippen LogP contribution is 2.23. The van der Waals surface area contributed by atoms with Gasteiger partial charge in [0.25, 0.3) is 0 Å². The van der Waals surface area contributed by atoms with Gasteiger partial charge in [-0.05, 0) is 54.4 Å². The van der Waals surface area contributed by atoms with Gasteiger partial charge in [0.1, 0.15) is 10.0 Å². The number of hydrogen-bond acceptors (Lipinski definition) is 4. The fourth-order valence-electron chi connectivity index (χ4n) is 1.86. The second-order valence-corrected chi connectivity index (χ2v) is 9.01. The lowest BCUT2D eigenvalue weighted by molar-refractivity contribution is 0.560. The molecule has 0 saturated carbocycles. The van der Waals surface area contributed by atoms with E-state index in [0.29, 0.717) is 10.9 Å². The van der Waals surface area contributed by atoms with Gasteiger partial charge in [-0.25, -0.2) is 18.1 Å². The zero-order valence-electron chi connectivity index (χ0n) is 11.4. The van der Waals surface area contributed by atoms with Crippen molar-refractivity contribution in [2.24, 2.45) is 0 Å². The first kappa shape index (κ1) is 16.9. The van der Waals surface area contributed by atoms with Crippen molar-refractivity contribution in [3.8, 4) is 0 Å². The Morgan fingerprint density at radius 1 is 1.48 bits per heavy atom. The summed E-state index contributed by atoms with van der Waals surface area (Å²) in [4.78, 5) is 6.17. The molecule has 0 saturated heterocycles. The van der Waals surface area contributed by atoms with Crippen LogP contribution in [0.25, 0.3) is 0 Å². The number of aromatic nitrogens is 1. The third-order valence-electron chi connectivity index (χ3n) is 2.72. The van der Waals surface area contributed by atoms with Crippen LogP contribution in [0.1, 0.15) is 16.7 Å². The molecule has 4 nitrogen and oxygen atoms in total. The molecule has 2 aromatic heterocycles. The van der Waals surface area contributed by atoms with E-state index in [1.165, 1.54) is 17.1 Å². The second-order valence-electron chi connectivity index (χ2n) is 4.68. The topological polar surface area (TPSA) is 59.1 Å². The first-order valence-electron chi connectivity index (χ1n) is 6.16. The number of rotatable bonds is 5. The summed E-state index contributed by atoms with van der Waals surface area (Å²) in [5.74, 6) is 0. The van der Waals surface area contributed by atoms with Gasteiger partial charge in [-0.2, -0.15) is 0 Å². The molecule has 2 aromatic rings. The minimum Gasteiger partial charge on any atom is -0.242 e. The van der Waals surface area contributed by atoms with Crippen molar-refractivity contribution in [3.05, 3.63) is 43.8 Å². The Hall–Kier alpha value is -0.470. The fourth-order valence-corrected chi connectivity index (χ4v) is 5.07. The van der Waals surface area contributed by atoms with Crippen LogP contribution in [0.15, 0.2) is 33.8 Å². The van der Waals surface area contributed by atoms with Gasteiger partial charge in [0.2, 0.25) is 10.0 Å². The van der Waals surface area contributed by atoms with Gasteiger partial charge in [0.15, 0.2) is 0 Å². The molecule has 0 fully saturated rings. The number of pyridine rings is 1. The fraction of sp³-hybridized carbons (Fsp3) is 0.308. The molecule has 1 atom stereocenters. The Bertz CT molecular complexity index is 746. The van der Waals surface area contributed by atoms with Crippen LogP contribution in [-0.2, 0) is 16.4 Å². The Labute approximate surface area is 141 Å². The minimum atomic E-state index is -3.70. The van der Waals surface area contributed by atoms with Crippen molar-refractivity contribution >= 4 is 48.9 Å². The molecule has 0 bridgehead atoms. The van der Waals surface area contributed by atoms with E-state index < -0.39 is 10.0 Å². The van der Waals surface area contributed by atoms with Crippen LogP contribution >= 0.6 is 38.9 Å². The maximum Gasteiger partial charge on any atom is 0.243 e. The summed E-state index contributed by atoms with van der Waals surface area (Å²) in [5, 5.41) is -0.0372. The van der Waals surface area contributed by atoms with Gasteiger partial charge in [-0.15, -0.1) is 11.3 Å². The van der Waals surface area contributed by atoms with E-state index in [0.717, 1.165) is 4.88 Å². The average Bonchev–Trinajstić information content (AvgIpc) is 2.76. The Balaban J connectivity index is 2.15. The summed E-state index contributed by atoms with van der Waals surface area (Å²) in [7, 11) is -3.70. The standard InChI is InChI=1S/C13H14BrClN2O2S2/c1-8(5-11-4-3-9(2)20-11)17-21(18,19)12-6-10(14)7-16-13(12)15/h3-4,6-8,17H,5H2,1-2H3. The van der Waals surface area contributed by atoms with Crippen LogP contribution in [0.2, 0.25) is 5.15 Å². The molecule has 0 amide bonds. The van der Waals surface area contributed by atoms with E-state index in [2.05, 4.69) is 25.6 Å². The van der Waals surface area contributed by atoms with E-state index in [-0.39, 0.29) is 16.1 Å². The lowest BCUT2D eigenvalue weighted by Crippen LogP contribution is -2.34. The molecule has 8 heteroatoms. The number of aryl methyl sites for hydroxylation is 1. The van der Waals surface area contributed by atoms with E-state index in [4.69, 9.17) is 11.6 Å². The van der Waals surface area contributed by atoms with Crippen LogP contribution in [0, 0.1) is 6.92 Å². The van der Waals surface area contributed by atoms with Gasteiger partial charge in [0, 0.05) is 26.5 Å². The molecule has 0 aliphatic carbocycles. The van der Waals surface area contributed by atoms with Crippen LogP contribution in [0.4, 0.5) is 0 Å². The normalized spacial score (nSPS) is 13.3. The Morgan fingerprint density at radius 3 is 2.81 bits per heavy atom. The summed E-state index contributed by atoms with van der Waals surface area (Å²) in [6.07, 6.45) is 2.09. The quantitative estimate of drug-likeness (QED) is 0.765. The molecule has 0 aliphatic heterocycles. The number of thiophene rings is 1. The van der Waals surface area contributed by atoms with E-state index in [9.17, 15) is 8.42 Å². The lowest BCUT2D eigenvalue weighted by atomic mass is 10.2. The van der Waals surface area contributed by atoms with E-state index in [1.54, 1.807) is 11.3 Å². The van der Waals surface area contributed by atoms with Crippen LogP contribution in [0.5, 0.6) is 0 Å². The van der Waals surface area contributed by atoms with Crippen molar-refractivity contribution < 1.29 is 8.42 Å². The molecule has 1 unspecified atom stereocenters. The van der Waals surface area contributed by atoms with Crippen molar-refractivity contribution in [2.45, 2.75) is 31.2 Å². The van der Waals surface area contributed by atoms with Gasteiger partial charge >= 0.3 is 0 Å². The summed E-state index contributed by atoms with van der Waals surface area (Å²) in [6, 6.07) is 5.25. The molecule has 21 heavy (non-hydrogen) atoms. The van der Waals surface area contributed by atoms with Crippen molar-refractivity contribution in [2.75, 3.05) is 0 Å². The molecule has 0 spiro atoms. The SMILES string of the molecule is Cc1ccc(CC(C)NS(=O)(=O)c2cc(Br)cnc2Cl)s1. The van der Waals surface area contributed by atoms with Gasteiger partial charge < -0.3 is 0 Å². The second kappa shape index (κ2) is 6.75. The van der Waals surface area contributed by atoms with Crippen LogP contribution in [-0.4, -0.2) is 19.4 Å². The third kappa shape index (κ3) is 4.50. The Kier molecular flexibility index (Phi) is 5.43. The first-order valence-corrected chi connectivity index (χ1v) is 9.63. The van der Waals surface area contributed by atoms with Gasteiger partial charge in [-0.1, -0.05) is 11.6 Å². The van der Waals surface area contributed by atoms with E-state index >= 15 is 0 Å². The highest BCUT2D eigenvalue weighted by molar-refractivity contribution is 9.10. The summed E-state index contributed by atoms with van der Waals surface area (Å²) >= 11 is 10.7. The first-order chi connectivity index (χ1) is 9.78. The molecular weight excluding hydrogens is 396 g/mol. The van der Waals surface area contributed by atoms with Gasteiger partial charge in [-0.3, -0.25) is 0 Å². The summed E-state index contributed by atoms with van der Waals surface area (Å²) in [6.45, 7) is 3.85. The molecule has 114 valence electrons. The zero-order chi connectivity index (χ0) is 15.6. The average molecular weight is 410 g/mol. The number of hydrogen-bond donors (Lipinski definition) is 1. The van der Waals surface area contributed by atoms with Crippen LogP contribution in [0.3, 0.4) is 0 Å². The van der Waals surface area contributed by atoms with Crippen molar-refractivity contribution in [1.29, 1.82) is 0 Å². The largest absolute Gasteiger partial charge is 0.243 e. The van der Waals surface area contributed by atoms with E-state index in [1.807, 2.05) is 26.0 Å². The lowest BCUT2D eigenvalue weighted by Gasteiger charge is -2.14. The Morgan fingerprint density at radius 2 is 2.19 bits per heavy atom. The van der Waals surface area contributed by atoms with Gasteiger partial charge in [0.05, 0.1) is 0 Å². The highest BCUT2D eigenvalue weighted by Gasteiger charge is 2.22. The minimum absolute atomic E-state index is 0.0206. The molecule has 0 aromatic carbocycles. The zero-order valence-corrected chi connectivity index (χ0v) is 15.4. The number of nitrogens with one attached hydrogen (secondary N) is 1. The predicted molar refractivity (Wildman–Crippen MR) is 89.5 cm³/mol. The van der Waals surface area contributed by atoms with Crippen molar-refractivity contribution in [3.63, 3.8) is 0 Å². The summed E-state index contributed by atoms with van der Waals surface area (Å²) < 4.78 is 27.9. The summed E-state index contributed by atoms with van der Waals surface area (Å²) in [5.41, 5.74) is 0. The van der Waals surface area contributed by atoms with Crippen LogP contribution < -0.4 is 4.72 Å². The molecule has 0 radical (unpaired) electrons. The molecule has 0 aliphatic rings. The monoisotopic (exact) mass is 408 g/mol. The molecule has 1 N–H and O–H groups in total. The smallest absolute Gasteiger partial charge is 0.242 e. The number of halogens is 2. The molecular formula is C13H14BrClN2O2S2. The predicted octanol–water partition coefficient (Wildman–Crippen LogP) is 3.78. The highest BCUT2D eigenvalue weighted by atomic mass is 79.9. The molecule has 2 rings (SSSR count). The maximum atomic E-state index is 12.4. The third-order valence-corrected chi connectivity index (χ3v) is 6.20. The number of sulfonamides is 1. The maximum absolute atomic E-state index is 12.4.